The number of pyridine rings is 1. The van der Waals surface area contributed by atoms with Crippen LogP contribution in [0.15, 0.2) is 42.6 Å². The van der Waals surface area contributed by atoms with Gasteiger partial charge in [-0.15, -0.1) is 0 Å². The van der Waals surface area contributed by atoms with Crippen molar-refractivity contribution in [2.75, 3.05) is 7.11 Å². The molecule has 0 spiro atoms. The summed E-state index contributed by atoms with van der Waals surface area (Å²) in [5.74, 6) is 1.40. The van der Waals surface area contributed by atoms with Crippen molar-refractivity contribution in [1.29, 1.82) is 0 Å². The Morgan fingerprint density at radius 1 is 1.20 bits per heavy atom. The van der Waals surface area contributed by atoms with Crippen LogP contribution in [0.3, 0.4) is 0 Å². The van der Waals surface area contributed by atoms with Crippen LogP contribution < -0.4 is 15.2 Å². The van der Waals surface area contributed by atoms with Gasteiger partial charge in [-0.3, -0.25) is 0 Å². The van der Waals surface area contributed by atoms with Crippen molar-refractivity contribution >= 4 is 0 Å². The summed E-state index contributed by atoms with van der Waals surface area (Å²) in [5, 5.41) is 0. The van der Waals surface area contributed by atoms with E-state index in [9.17, 15) is 0 Å². The number of ether oxygens (including phenoxy) is 2. The van der Waals surface area contributed by atoms with Gasteiger partial charge in [0.15, 0.2) is 0 Å². The largest absolute Gasteiger partial charge is 0.489 e. The molecule has 106 valence electrons. The van der Waals surface area contributed by atoms with E-state index in [4.69, 9.17) is 15.2 Å². The Kier molecular flexibility index (Phi) is 4.96. The molecule has 1 aromatic carbocycles. The van der Waals surface area contributed by atoms with E-state index >= 15 is 0 Å². The fourth-order valence-electron chi connectivity index (χ4n) is 1.93. The Hall–Kier alpha value is -2.07. The van der Waals surface area contributed by atoms with Crippen LogP contribution in [-0.4, -0.2) is 12.1 Å². The smallest absolute Gasteiger partial charge is 0.219 e. The lowest BCUT2D eigenvalue weighted by atomic mass is 10.1. The molecule has 0 saturated heterocycles. The fourth-order valence-corrected chi connectivity index (χ4v) is 1.93. The molecular formula is C16H20N2O2. The Bertz CT molecular complexity index is 540. The molecule has 2 N–H and O–H groups in total. The van der Waals surface area contributed by atoms with Gasteiger partial charge in [-0.05, 0) is 36.2 Å². The standard InChI is InChI=1S/C16H20N2O2/c1-3-15(17)12-6-8-14(9-7-12)20-11-13-5-4-10-18-16(13)19-2/h4-10,15H,3,11,17H2,1-2H3/t15-/m1/s1. The van der Waals surface area contributed by atoms with Crippen molar-refractivity contribution in [1.82, 2.24) is 4.98 Å². The second kappa shape index (κ2) is 6.91. The topological polar surface area (TPSA) is 57.4 Å². The molecule has 0 saturated carbocycles. The van der Waals surface area contributed by atoms with Gasteiger partial charge < -0.3 is 15.2 Å². The minimum atomic E-state index is 0.0856. The average molecular weight is 272 g/mol. The zero-order valence-corrected chi connectivity index (χ0v) is 11.9. The quantitative estimate of drug-likeness (QED) is 0.878. The summed E-state index contributed by atoms with van der Waals surface area (Å²) in [6, 6.07) is 11.8. The zero-order valence-electron chi connectivity index (χ0n) is 11.9. The highest BCUT2D eigenvalue weighted by atomic mass is 16.5. The molecule has 0 amide bonds. The molecule has 0 unspecified atom stereocenters. The van der Waals surface area contributed by atoms with E-state index < -0.39 is 0 Å². The Morgan fingerprint density at radius 3 is 2.60 bits per heavy atom. The maximum absolute atomic E-state index is 5.98. The fraction of sp³-hybridized carbons (Fsp3) is 0.312. The normalized spacial score (nSPS) is 11.9. The van der Waals surface area contributed by atoms with Gasteiger partial charge >= 0.3 is 0 Å². The molecule has 1 heterocycles. The van der Waals surface area contributed by atoms with Gasteiger partial charge in [0, 0.05) is 12.2 Å². The molecule has 0 radical (unpaired) electrons. The second-order valence-corrected chi connectivity index (χ2v) is 4.54. The van der Waals surface area contributed by atoms with Crippen molar-refractivity contribution in [3.8, 4) is 11.6 Å². The first-order chi connectivity index (χ1) is 9.74. The van der Waals surface area contributed by atoms with E-state index in [0.29, 0.717) is 12.5 Å². The van der Waals surface area contributed by atoms with Crippen LogP contribution in [0, 0.1) is 0 Å². The summed E-state index contributed by atoms with van der Waals surface area (Å²) in [7, 11) is 1.60. The lowest BCUT2D eigenvalue weighted by Crippen LogP contribution is -2.08. The SMILES string of the molecule is CC[C@@H](N)c1ccc(OCc2cccnc2OC)cc1. The maximum atomic E-state index is 5.98. The Balaban J connectivity index is 2.00. The highest BCUT2D eigenvalue weighted by molar-refractivity contribution is 5.30. The highest BCUT2D eigenvalue weighted by Crippen LogP contribution is 2.20. The first-order valence-corrected chi connectivity index (χ1v) is 6.70. The molecule has 0 aliphatic heterocycles. The molecule has 2 rings (SSSR count). The molecule has 4 heteroatoms. The number of aromatic nitrogens is 1. The molecular weight excluding hydrogens is 252 g/mol. The van der Waals surface area contributed by atoms with Gasteiger partial charge in [0.25, 0.3) is 0 Å². The first kappa shape index (κ1) is 14.3. The van der Waals surface area contributed by atoms with Crippen LogP contribution in [-0.2, 0) is 6.61 Å². The molecule has 0 aliphatic rings. The molecule has 0 bridgehead atoms. The molecule has 4 nitrogen and oxygen atoms in total. The van der Waals surface area contributed by atoms with Gasteiger partial charge in [0.1, 0.15) is 12.4 Å². The molecule has 2 aromatic rings. The second-order valence-electron chi connectivity index (χ2n) is 4.54. The summed E-state index contributed by atoms with van der Waals surface area (Å²) >= 11 is 0. The van der Waals surface area contributed by atoms with Crippen LogP contribution >= 0.6 is 0 Å². The summed E-state index contributed by atoms with van der Waals surface area (Å²) in [6.07, 6.45) is 2.62. The van der Waals surface area contributed by atoms with Gasteiger partial charge in [-0.2, -0.15) is 0 Å². The predicted molar refractivity (Wildman–Crippen MR) is 78.8 cm³/mol. The monoisotopic (exact) mass is 272 g/mol. The molecule has 1 atom stereocenters. The van der Waals surface area contributed by atoms with Gasteiger partial charge in [0.2, 0.25) is 5.88 Å². The van der Waals surface area contributed by atoms with Crippen molar-refractivity contribution < 1.29 is 9.47 Å². The number of methoxy groups -OCH3 is 1. The van der Waals surface area contributed by atoms with Crippen molar-refractivity contribution in [3.05, 3.63) is 53.7 Å². The van der Waals surface area contributed by atoms with Crippen molar-refractivity contribution in [2.24, 2.45) is 5.73 Å². The van der Waals surface area contributed by atoms with E-state index in [1.165, 1.54) is 0 Å². The number of nitrogens with two attached hydrogens (primary N) is 1. The van der Waals surface area contributed by atoms with Crippen LogP contribution in [0.2, 0.25) is 0 Å². The predicted octanol–water partition coefficient (Wildman–Crippen LogP) is 3.08. The summed E-state index contributed by atoms with van der Waals surface area (Å²) < 4.78 is 10.9. The number of hydrogen-bond donors (Lipinski definition) is 1. The third-order valence-electron chi connectivity index (χ3n) is 3.19. The molecule has 20 heavy (non-hydrogen) atoms. The lowest BCUT2D eigenvalue weighted by Gasteiger charge is -2.11. The third-order valence-corrected chi connectivity index (χ3v) is 3.19. The summed E-state index contributed by atoms with van der Waals surface area (Å²) in [5.41, 5.74) is 8.03. The first-order valence-electron chi connectivity index (χ1n) is 6.70. The van der Waals surface area contributed by atoms with Crippen molar-refractivity contribution in [3.63, 3.8) is 0 Å². The average Bonchev–Trinajstić information content (AvgIpc) is 2.53. The van der Waals surface area contributed by atoms with E-state index in [1.807, 2.05) is 36.4 Å². The maximum Gasteiger partial charge on any atom is 0.219 e. The highest BCUT2D eigenvalue weighted by Gasteiger charge is 2.05. The van der Waals surface area contributed by atoms with Crippen molar-refractivity contribution in [2.45, 2.75) is 26.0 Å². The molecule has 1 aromatic heterocycles. The van der Waals surface area contributed by atoms with Crippen LogP contribution in [0.25, 0.3) is 0 Å². The van der Waals surface area contributed by atoms with Crippen LogP contribution in [0.4, 0.5) is 0 Å². The van der Waals surface area contributed by atoms with Gasteiger partial charge in [0.05, 0.1) is 12.7 Å². The minimum absolute atomic E-state index is 0.0856. The lowest BCUT2D eigenvalue weighted by molar-refractivity contribution is 0.293. The Labute approximate surface area is 119 Å². The number of rotatable bonds is 6. The van der Waals surface area contributed by atoms with E-state index in [1.54, 1.807) is 13.3 Å². The summed E-state index contributed by atoms with van der Waals surface area (Å²) in [6.45, 7) is 2.50. The number of hydrogen-bond acceptors (Lipinski definition) is 4. The minimum Gasteiger partial charge on any atom is -0.489 e. The third kappa shape index (κ3) is 3.48. The number of nitrogens with zero attached hydrogens (tertiary/aromatic N) is 1. The molecule has 0 fully saturated rings. The number of benzene rings is 1. The Morgan fingerprint density at radius 2 is 1.95 bits per heavy atom. The van der Waals surface area contributed by atoms with Gasteiger partial charge in [-0.25, -0.2) is 4.98 Å². The summed E-state index contributed by atoms with van der Waals surface area (Å²) in [4.78, 5) is 4.14. The van der Waals surface area contributed by atoms with E-state index in [2.05, 4.69) is 11.9 Å². The molecule has 0 aliphatic carbocycles. The van der Waals surface area contributed by atoms with Crippen LogP contribution in [0.5, 0.6) is 11.6 Å². The van der Waals surface area contributed by atoms with E-state index in [-0.39, 0.29) is 6.04 Å². The van der Waals surface area contributed by atoms with Crippen LogP contribution in [0.1, 0.15) is 30.5 Å². The van der Waals surface area contributed by atoms with Gasteiger partial charge in [-0.1, -0.05) is 19.1 Å². The van der Waals surface area contributed by atoms with E-state index in [0.717, 1.165) is 23.3 Å². The zero-order chi connectivity index (χ0) is 14.4.